The minimum absolute atomic E-state index is 0.00377. The topological polar surface area (TPSA) is 96.9 Å². The van der Waals surface area contributed by atoms with Gasteiger partial charge < -0.3 is 25.2 Å². The average molecular weight is 487 g/mol. The molecule has 5 rings (SSSR count). The molecule has 9 heteroatoms. The number of anilines is 1. The van der Waals surface area contributed by atoms with E-state index in [2.05, 4.69) is 10.6 Å². The molecule has 4 atom stereocenters. The van der Waals surface area contributed by atoms with Crippen molar-refractivity contribution in [3.05, 3.63) is 59.2 Å². The summed E-state index contributed by atoms with van der Waals surface area (Å²) in [6.07, 6.45) is 1.71. The molecule has 3 N–H and O–H groups in total. The van der Waals surface area contributed by atoms with E-state index < -0.39 is 29.9 Å². The second kappa shape index (κ2) is 9.91. The fourth-order valence-corrected chi connectivity index (χ4v) is 4.91. The Morgan fingerprint density at radius 2 is 1.89 bits per heavy atom. The third kappa shape index (κ3) is 5.46. The molecule has 0 unspecified atom stereocenters. The Labute approximate surface area is 201 Å². The van der Waals surface area contributed by atoms with Gasteiger partial charge in [-0.25, -0.2) is 8.78 Å². The van der Waals surface area contributed by atoms with Crippen LogP contribution in [0.3, 0.4) is 0 Å². The summed E-state index contributed by atoms with van der Waals surface area (Å²) < 4.78 is 39.2. The summed E-state index contributed by atoms with van der Waals surface area (Å²) in [5.41, 5.74) is 1.66. The minimum Gasteiger partial charge on any atom is -0.487 e. The van der Waals surface area contributed by atoms with Crippen molar-refractivity contribution in [1.29, 1.82) is 0 Å². The number of ether oxygens (including phenoxy) is 2. The Bertz CT molecular complexity index is 1120. The molecule has 2 aromatic carbocycles. The number of aliphatic hydroxyl groups is 1. The second-order valence-electron chi connectivity index (χ2n) is 9.57. The van der Waals surface area contributed by atoms with Crippen LogP contribution in [-0.2, 0) is 20.9 Å². The van der Waals surface area contributed by atoms with Gasteiger partial charge in [-0.05, 0) is 61.6 Å². The second-order valence-corrected chi connectivity index (χ2v) is 9.57. The van der Waals surface area contributed by atoms with Gasteiger partial charge in [0.15, 0.2) is 0 Å². The first-order valence-electron chi connectivity index (χ1n) is 12.0. The molecule has 1 saturated carbocycles. The lowest BCUT2D eigenvalue weighted by Gasteiger charge is -2.37. The molecule has 2 amide bonds. The molecule has 2 heterocycles. The Kier molecular flexibility index (Phi) is 6.71. The normalized spacial score (nSPS) is 24.8. The highest BCUT2D eigenvalue weighted by Crippen LogP contribution is 2.47. The van der Waals surface area contributed by atoms with Crippen molar-refractivity contribution >= 4 is 17.5 Å². The highest BCUT2D eigenvalue weighted by molar-refractivity contribution is 5.91. The monoisotopic (exact) mass is 486 g/mol. The lowest BCUT2D eigenvalue weighted by atomic mass is 9.84. The van der Waals surface area contributed by atoms with E-state index >= 15 is 0 Å². The summed E-state index contributed by atoms with van der Waals surface area (Å²) in [6.45, 7) is -0.409. The molecular formula is C26H28F2N2O5. The first kappa shape index (κ1) is 23.7. The summed E-state index contributed by atoms with van der Waals surface area (Å²) in [7, 11) is 0. The highest BCUT2D eigenvalue weighted by Gasteiger charge is 2.46. The zero-order chi connectivity index (χ0) is 24.5. The molecule has 2 aromatic rings. The zero-order valence-corrected chi connectivity index (χ0v) is 19.1. The first-order valence-corrected chi connectivity index (χ1v) is 12.0. The third-order valence-corrected chi connectivity index (χ3v) is 6.85. The van der Waals surface area contributed by atoms with Gasteiger partial charge in [0.25, 0.3) is 0 Å². The highest BCUT2D eigenvalue weighted by atomic mass is 19.1. The predicted octanol–water partition coefficient (Wildman–Crippen LogP) is 3.40. The number of carbonyl (C=O) groups is 2. The van der Waals surface area contributed by atoms with Gasteiger partial charge in [-0.2, -0.15) is 0 Å². The van der Waals surface area contributed by atoms with Crippen LogP contribution < -0.4 is 15.4 Å². The number of carbonyl (C=O) groups excluding carboxylic acids is 2. The molecular weight excluding hydrogens is 458 g/mol. The Balaban J connectivity index is 1.23. The molecule has 7 nitrogen and oxygen atoms in total. The maximum absolute atomic E-state index is 13.8. The molecule has 0 bridgehead atoms. The molecule has 1 saturated heterocycles. The number of rotatable bonds is 8. The summed E-state index contributed by atoms with van der Waals surface area (Å²) in [5, 5.41) is 15.5. The van der Waals surface area contributed by atoms with Gasteiger partial charge in [0.2, 0.25) is 11.8 Å². The SMILES string of the molecule is O=C(C[C@@H]1C[C@H]2c3cc(NC(=O)CC4CC4)ccc3O[C@H]2[C@H](CO)O1)NCc1cc(F)ccc1F. The zero-order valence-electron chi connectivity index (χ0n) is 19.1. The van der Waals surface area contributed by atoms with Crippen molar-refractivity contribution in [3.63, 3.8) is 0 Å². The summed E-state index contributed by atoms with van der Waals surface area (Å²) in [5.74, 6) is -0.498. The first-order chi connectivity index (χ1) is 16.9. The van der Waals surface area contributed by atoms with Gasteiger partial charge >= 0.3 is 0 Å². The fourth-order valence-electron chi connectivity index (χ4n) is 4.91. The third-order valence-electron chi connectivity index (χ3n) is 6.85. The van der Waals surface area contributed by atoms with E-state index in [4.69, 9.17) is 9.47 Å². The van der Waals surface area contributed by atoms with E-state index in [9.17, 15) is 23.5 Å². The minimum atomic E-state index is -0.618. The van der Waals surface area contributed by atoms with Crippen molar-refractivity contribution in [2.45, 2.75) is 62.9 Å². The number of hydrogen-bond acceptors (Lipinski definition) is 5. The lowest BCUT2D eigenvalue weighted by molar-refractivity contribution is -0.142. The standard InChI is InChI=1S/C26H28F2N2O5/c27-16-3-5-21(28)15(8-16)12-29-24(32)11-18-10-20-19-9-17(30-25(33)7-14-1-2-14)4-6-22(19)35-26(20)23(13-31)34-18/h3-6,8-9,14,18,20,23,26,31H,1-2,7,10-13H2,(H,29,32)(H,30,33)/t18-,20-,23-,26+/m0/s1. The Hall–Kier alpha value is -3.04. The predicted molar refractivity (Wildman–Crippen MR) is 123 cm³/mol. The molecule has 1 aliphatic carbocycles. The van der Waals surface area contributed by atoms with E-state index in [1.54, 1.807) is 6.07 Å². The maximum Gasteiger partial charge on any atom is 0.224 e. The number of fused-ring (bicyclic) bond motifs is 3. The van der Waals surface area contributed by atoms with E-state index in [0.29, 0.717) is 30.2 Å². The van der Waals surface area contributed by atoms with Crippen LogP contribution in [0, 0.1) is 17.6 Å². The number of nitrogens with one attached hydrogen (secondary N) is 2. The van der Waals surface area contributed by atoms with Crippen LogP contribution in [0.1, 0.15) is 49.1 Å². The number of aliphatic hydroxyl groups excluding tert-OH is 1. The van der Waals surface area contributed by atoms with Crippen LogP contribution in [0.2, 0.25) is 0 Å². The molecule has 0 aromatic heterocycles. The van der Waals surface area contributed by atoms with Gasteiger partial charge in [-0.15, -0.1) is 0 Å². The lowest BCUT2D eigenvalue weighted by Crippen LogP contribution is -2.47. The molecule has 3 aliphatic rings. The maximum atomic E-state index is 13.8. The molecule has 35 heavy (non-hydrogen) atoms. The molecule has 2 aliphatic heterocycles. The molecule has 2 fully saturated rings. The van der Waals surface area contributed by atoms with Gasteiger partial charge in [0.1, 0.15) is 29.6 Å². The molecule has 0 spiro atoms. The smallest absolute Gasteiger partial charge is 0.224 e. The van der Waals surface area contributed by atoms with Crippen LogP contribution in [0.15, 0.2) is 36.4 Å². The number of benzene rings is 2. The number of amides is 2. The summed E-state index contributed by atoms with van der Waals surface area (Å²) in [4.78, 5) is 24.8. The van der Waals surface area contributed by atoms with Crippen molar-refractivity contribution in [1.82, 2.24) is 5.32 Å². The van der Waals surface area contributed by atoms with E-state index in [0.717, 1.165) is 36.6 Å². The van der Waals surface area contributed by atoms with Gasteiger partial charge in [0.05, 0.1) is 19.1 Å². The van der Waals surface area contributed by atoms with E-state index in [1.807, 2.05) is 12.1 Å². The quantitative estimate of drug-likeness (QED) is 0.532. The Morgan fingerprint density at radius 3 is 2.66 bits per heavy atom. The fraction of sp³-hybridized carbons (Fsp3) is 0.462. The summed E-state index contributed by atoms with van der Waals surface area (Å²) >= 11 is 0. The van der Waals surface area contributed by atoms with Crippen LogP contribution in [0.5, 0.6) is 5.75 Å². The van der Waals surface area contributed by atoms with Crippen molar-refractivity contribution < 1.29 is 33.0 Å². The summed E-state index contributed by atoms with van der Waals surface area (Å²) in [6, 6.07) is 8.60. The van der Waals surface area contributed by atoms with Gasteiger partial charge in [0, 0.05) is 35.7 Å². The van der Waals surface area contributed by atoms with Gasteiger partial charge in [-0.3, -0.25) is 9.59 Å². The van der Waals surface area contributed by atoms with Crippen LogP contribution in [0.25, 0.3) is 0 Å². The van der Waals surface area contributed by atoms with Crippen LogP contribution in [0.4, 0.5) is 14.5 Å². The van der Waals surface area contributed by atoms with Crippen molar-refractivity contribution in [3.8, 4) is 5.75 Å². The molecule has 186 valence electrons. The molecule has 0 radical (unpaired) electrons. The van der Waals surface area contributed by atoms with Gasteiger partial charge in [-0.1, -0.05) is 0 Å². The van der Waals surface area contributed by atoms with E-state index in [1.165, 1.54) is 0 Å². The number of halogens is 2. The van der Waals surface area contributed by atoms with Crippen LogP contribution >= 0.6 is 0 Å². The number of hydrogen-bond donors (Lipinski definition) is 3. The average Bonchev–Trinajstić information content (AvgIpc) is 3.57. The largest absolute Gasteiger partial charge is 0.487 e. The Morgan fingerprint density at radius 1 is 1.06 bits per heavy atom. The van der Waals surface area contributed by atoms with Crippen LogP contribution in [-0.4, -0.2) is 41.8 Å². The van der Waals surface area contributed by atoms with Crippen molar-refractivity contribution in [2.24, 2.45) is 5.92 Å². The van der Waals surface area contributed by atoms with E-state index in [-0.39, 0.29) is 42.9 Å². The van der Waals surface area contributed by atoms with Crippen molar-refractivity contribution in [2.75, 3.05) is 11.9 Å².